The number of hydrogen-bond donors (Lipinski definition) is 1. The molecule has 5 heteroatoms. The van der Waals surface area contributed by atoms with E-state index in [0.717, 1.165) is 0 Å². The molecule has 0 unspecified atom stereocenters. The smallest absolute Gasteiger partial charge is 0.136 e. The van der Waals surface area contributed by atoms with Crippen LogP contribution in [-0.2, 0) is 7.05 Å². The monoisotopic (exact) mass is 221 g/mol. The lowest BCUT2D eigenvalue weighted by Crippen LogP contribution is -1.95. The standard InChI is InChI=1S/C11H12FN3O/c1-15-6-8(13)11(14-15)10-7(12)4-3-5-9(10)16-2/h3-6H,13H2,1-2H3. The van der Waals surface area contributed by atoms with Crippen molar-refractivity contribution < 1.29 is 9.13 Å². The fraction of sp³-hybridized carbons (Fsp3) is 0.182. The van der Waals surface area contributed by atoms with Gasteiger partial charge in [-0.3, -0.25) is 4.68 Å². The zero-order valence-electron chi connectivity index (χ0n) is 9.07. The van der Waals surface area contributed by atoms with Crippen molar-refractivity contribution in [1.82, 2.24) is 9.78 Å². The highest BCUT2D eigenvalue weighted by Gasteiger charge is 2.16. The lowest BCUT2D eigenvalue weighted by molar-refractivity contribution is 0.413. The van der Waals surface area contributed by atoms with Crippen molar-refractivity contribution in [2.45, 2.75) is 0 Å². The molecule has 84 valence electrons. The molecule has 0 saturated carbocycles. The van der Waals surface area contributed by atoms with E-state index in [1.807, 2.05) is 0 Å². The van der Waals surface area contributed by atoms with Gasteiger partial charge in [0.2, 0.25) is 0 Å². The number of aryl methyl sites for hydroxylation is 1. The average Bonchev–Trinajstić information content (AvgIpc) is 2.57. The number of methoxy groups -OCH3 is 1. The fourth-order valence-corrected chi connectivity index (χ4v) is 1.61. The molecular formula is C11H12FN3O. The van der Waals surface area contributed by atoms with Gasteiger partial charge in [-0.15, -0.1) is 0 Å². The van der Waals surface area contributed by atoms with Gasteiger partial charge in [-0.2, -0.15) is 5.10 Å². The molecule has 0 aliphatic carbocycles. The van der Waals surface area contributed by atoms with Crippen LogP contribution in [0.2, 0.25) is 0 Å². The summed E-state index contributed by atoms with van der Waals surface area (Å²) in [4.78, 5) is 0. The van der Waals surface area contributed by atoms with Gasteiger partial charge in [-0.25, -0.2) is 4.39 Å². The Balaban J connectivity index is 2.67. The number of halogens is 1. The highest BCUT2D eigenvalue weighted by molar-refractivity contribution is 5.77. The Labute approximate surface area is 92.4 Å². The van der Waals surface area contributed by atoms with Crippen LogP contribution >= 0.6 is 0 Å². The summed E-state index contributed by atoms with van der Waals surface area (Å²) in [5.41, 5.74) is 6.88. The summed E-state index contributed by atoms with van der Waals surface area (Å²) in [5, 5.41) is 4.12. The molecule has 1 aromatic heterocycles. The first-order valence-electron chi connectivity index (χ1n) is 4.75. The maximum Gasteiger partial charge on any atom is 0.136 e. The summed E-state index contributed by atoms with van der Waals surface area (Å²) in [5.74, 6) is 0.0233. The molecule has 4 nitrogen and oxygen atoms in total. The predicted octanol–water partition coefficient (Wildman–Crippen LogP) is 1.82. The maximum absolute atomic E-state index is 13.7. The number of nitrogen functional groups attached to an aromatic ring is 1. The highest BCUT2D eigenvalue weighted by atomic mass is 19.1. The summed E-state index contributed by atoms with van der Waals surface area (Å²) in [6.07, 6.45) is 1.63. The van der Waals surface area contributed by atoms with Gasteiger partial charge >= 0.3 is 0 Å². The average molecular weight is 221 g/mol. The van der Waals surface area contributed by atoms with E-state index in [9.17, 15) is 4.39 Å². The van der Waals surface area contributed by atoms with Crippen molar-refractivity contribution in [3.8, 4) is 17.0 Å². The third kappa shape index (κ3) is 1.60. The van der Waals surface area contributed by atoms with Crippen LogP contribution in [0.3, 0.4) is 0 Å². The van der Waals surface area contributed by atoms with Gasteiger partial charge in [-0.05, 0) is 12.1 Å². The molecule has 0 spiro atoms. The molecule has 0 saturated heterocycles. The third-order valence-corrected chi connectivity index (χ3v) is 2.29. The molecule has 2 aromatic rings. The van der Waals surface area contributed by atoms with Crippen molar-refractivity contribution in [2.75, 3.05) is 12.8 Å². The number of benzene rings is 1. The van der Waals surface area contributed by atoms with E-state index >= 15 is 0 Å². The first kappa shape index (κ1) is 10.5. The molecule has 1 aromatic carbocycles. The van der Waals surface area contributed by atoms with Crippen molar-refractivity contribution in [1.29, 1.82) is 0 Å². The van der Waals surface area contributed by atoms with E-state index in [2.05, 4.69) is 5.10 Å². The van der Waals surface area contributed by atoms with Gasteiger partial charge < -0.3 is 10.5 Å². The molecule has 0 atom stereocenters. The highest BCUT2D eigenvalue weighted by Crippen LogP contribution is 2.34. The Morgan fingerprint density at radius 2 is 2.19 bits per heavy atom. The molecule has 0 amide bonds. The Bertz CT molecular complexity index is 522. The molecule has 2 rings (SSSR count). The van der Waals surface area contributed by atoms with Crippen LogP contribution < -0.4 is 10.5 Å². The van der Waals surface area contributed by atoms with Crippen LogP contribution in [0, 0.1) is 5.82 Å². The molecule has 0 bridgehead atoms. The van der Waals surface area contributed by atoms with E-state index in [1.165, 1.54) is 17.9 Å². The van der Waals surface area contributed by atoms with E-state index in [-0.39, 0.29) is 0 Å². The molecule has 2 N–H and O–H groups in total. The second-order valence-corrected chi connectivity index (χ2v) is 3.42. The van der Waals surface area contributed by atoms with Gasteiger partial charge in [0.15, 0.2) is 0 Å². The first-order chi connectivity index (χ1) is 7.63. The van der Waals surface area contributed by atoms with Crippen molar-refractivity contribution >= 4 is 5.69 Å². The normalized spacial score (nSPS) is 10.4. The number of anilines is 1. The topological polar surface area (TPSA) is 53.1 Å². The first-order valence-corrected chi connectivity index (χ1v) is 4.75. The number of aromatic nitrogens is 2. The Morgan fingerprint density at radius 1 is 1.44 bits per heavy atom. The number of rotatable bonds is 2. The number of nitrogens with zero attached hydrogens (tertiary/aromatic N) is 2. The number of nitrogens with two attached hydrogens (primary N) is 1. The van der Waals surface area contributed by atoms with Gasteiger partial charge in [0.05, 0.1) is 18.4 Å². The molecule has 0 fully saturated rings. The summed E-state index contributed by atoms with van der Waals surface area (Å²) in [7, 11) is 3.21. The van der Waals surface area contributed by atoms with Crippen molar-refractivity contribution in [3.63, 3.8) is 0 Å². The minimum atomic E-state index is -0.398. The van der Waals surface area contributed by atoms with Crippen molar-refractivity contribution in [2.24, 2.45) is 7.05 Å². The molecule has 0 aliphatic heterocycles. The largest absolute Gasteiger partial charge is 0.496 e. The van der Waals surface area contributed by atoms with Crippen LogP contribution in [-0.4, -0.2) is 16.9 Å². The molecular weight excluding hydrogens is 209 g/mol. The third-order valence-electron chi connectivity index (χ3n) is 2.29. The number of hydrogen-bond acceptors (Lipinski definition) is 3. The Morgan fingerprint density at radius 3 is 2.75 bits per heavy atom. The predicted molar refractivity (Wildman–Crippen MR) is 59.6 cm³/mol. The van der Waals surface area contributed by atoms with Crippen LogP contribution in [0.15, 0.2) is 24.4 Å². The van der Waals surface area contributed by atoms with Gasteiger partial charge in [-0.1, -0.05) is 6.07 Å². The maximum atomic E-state index is 13.7. The van der Waals surface area contributed by atoms with Crippen LogP contribution in [0.1, 0.15) is 0 Å². The summed E-state index contributed by atoms with van der Waals surface area (Å²) in [6, 6.07) is 4.61. The summed E-state index contributed by atoms with van der Waals surface area (Å²) in [6.45, 7) is 0. The Hall–Kier alpha value is -2.04. The van der Waals surface area contributed by atoms with Gasteiger partial charge in [0.25, 0.3) is 0 Å². The van der Waals surface area contributed by atoms with Crippen LogP contribution in [0.25, 0.3) is 11.3 Å². The van der Waals surface area contributed by atoms with E-state index in [0.29, 0.717) is 22.7 Å². The lowest BCUT2D eigenvalue weighted by Gasteiger charge is -2.07. The van der Waals surface area contributed by atoms with Crippen LogP contribution in [0.5, 0.6) is 5.75 Å². The summed E-state index contributed by atoms with van der Waals surface area (Å²) < 4.78 is 20.4. The van der Waals surface area contributed by atoms with E-state index < -0.39 is 5.82 Å². The quantitative estimate of drug-likeness (QED) is 0.841. The minimum absolute atomic E-state index is 0.295. The molecule has 0 aliphatic rings. The molecule has 1 heterocycles. The Kier molecular flexibility index (Phi) is 2.52. The van der Waals surface area contributed by atoms with Crippen LogP contribution in [0.4, 0.5) is 10.1 Å². The molecule has 0 radical (unpaired) electrons. The second-order valence-electron chi connectivity index (χ2n) is 3.42. The van der Waals surface area contributed by atoms with E-state index in [1.54, 1.807) is 25.4 Å². The number of ether oxygens (including phenoxy) is 1. The fourth-order valence-electron chi connectivity index (χ4n) is 1.61. The lowest BCUT2D eigenvalue weighted by atomic mass is 10.1. The van der Waals surface area contributed by atoms with Gasteiger partial charge in [0.1, 0.15) is 17.3 Å². The van der Waals surface area contributed by atoms with E-state index in [4.69, 9.17) is 10.5 Å². The zero-order chi connectivity index (χ0) is 11.7. The van der Waals surface area contributed by atoms with Crippen molar-refractivity contribution in [3.05, 3.63) is 30.2 Å². The molecule has 16 heavy (non-hydrogen) atoms. The van der Waals surface area contributed by atoms with Gasteiger partial charge in [0, 0.05) is 13.2 Å². The minimum Gasteiger partial charge on any atom is -0.496 e. The SMILES string of the molecule is COc1cccc(F)c1-c1nn(C)cc1N. The second kappa shape index (κ2) is 3.84. The zero-order valence-corrected chi connectivity index (χ0v) is 9.07. The summed E-state index contributed by atoms with van der Waals surface area (Å²) >= 11 is 0.